The molecule has 2 heterocycles. The molecule has 0 atom stereocenters. The lowest BCUT2D eigenvalue weighted by Crippen LogP contribution is -2.25. The van der Waals surface area contributed by atoms with E-state index >= 15 is 0 Å². The van der Waals surface area contributed by atoms with Gasteiger partial charge in [-0.15, -0.1) is 36.2 Å². The summed E-state index contributed by atoms with van der Waals surface area (Å²) in [6.07, 6.45) is 2.03. The Bertz CT molecular complexity index is 590. The summed E-state index contributed by atoms with van der Waals surface area (Å²) in [5.41, 5.74) is 5.67. The lowest BCUT2D eigenvalue weighted by atomic mass is 9.97. The van der Waals surface area contributed by atoms with Crippen LogP contribution < -0.4 is 10.6 Å². The van der Waals surface area contributed by atoms with E-state index in [1.807, 2.05) is 23.6 Å². The van der Waals surface area contributed by atoms with E-state index in [-0.39, 0.29) is 30.7 Å². The number of rotatable bonds is 3. The van der Waals surface area contributed by atoms with Gasteiger partial charge in [0.15, 0.2) is 0 Å². The fraction of sp³-hybridized carbons (Fsp3) is 0.286. The summed E-state index contributed by atoms with van der Waals surface area (Å²) in [5, 5.41) is 8.21. The number of carbonyl (C=O) groups is 1. The highest BCUT2D eigenvalue weighted by atomic mass is 35.5. The van der Waals surface area contributed by atoms with Crippen LogP contribution in [0.1, 0.15) is 28.0 Å². The monoisotopic (exact) mass is 345 g/mol. The average Bonchev–Trinajstić information content (AvgIpc) is 2.97. The minimum atomic E-state index is -0.0199. The van der Waals surface area contributed by atoms with Crippen LogP contribution in [0.4, 0.5) is 5.69 Å². The first-order valence-electron chi connectivity index (χ1n) is 6.35. The van der Waals surface area contributed by atoms with Gasteiger partial charge in [0.25, 0.3) is 5.91 Å². The minimum Gasteiger partial charge on any atom is -0.385 e. The fourth-order valence-corrected chi connectivity index (χ4v) is 2.87. The van der Waals surface area contributed by atoms with Gasteiger partial charge < -0.3 is 10.6 Å². The summed E-state index contributed by atoms with van der Waals surface area (Å²) in [6.45, 7) is 1.47. The molecule has 0 unspecified atom stereocenters. The Morgan fingerprint density at radius 2 is 2.24 bits per heavy atom. The number of fused-ring (bicyclic) bond motifs is 1. The zero-order chi connectivity index (χ0) is 13.1. The molecule has 1 aliphatic heterocycles. The number of anilines is 1. The zero-order valence-electron chi connectivity index (χ0n) is 11.3. The van der Waals surface area contributed by atoms with Gasteiger partial charge in [-0.2, -0.15) is 0 Å². The molecule has 0 spiro atoms. The molecular formula is C14H17Cl2N3OS. The standard InChI is InChI=1S/C14H15N3OS.2ClH/c18-14(16-7-10-8-19-9-17-10)12-3-1-5-13-11(12)4-2-6-15-13;;/h1,3,5,8-9,15H,2,4,6-7H2,(H,16,18);2*1H. The molecular weight excluding hydrogens is 329 g/mol. The zero-order valence-corrected chi connectivity index (χ0v) is 13.7. The first kappa shape index (κ1) is 17.8. The molecule has 114 valence electrons. The summed E-state index contributed by atoms with van der Waals surface area (Å²) < 4.78 is 0. The predicted molar refractivity (Wildman–Crippen MR) is 91.0 cm³/mol. The molecule has 2 aromatic rings. The Balaban J connectivity index is 0.00000110. The van der Waals surface area contributed by atoms with Crippen molar-refractivity contribution in [2.75, 3.05) is 11.9 Å². The minimum absolute atomic E-state index is 0. The smallest absolute Gasteiger partial charge is 0.251 e. The number of hydrogen-bond acceptors (Lipinski definition) is 4. The van der Waals surface area contributed by atoms with Gasteiger partial charge in [0, 0.05) is 23.2 Å². The molecule has 1 aromatic heterocycles. The summed E-state index contributed by atoms with van der Waals surface area (Å²) in [5.74, 6) is -0.0199. The molecule has 3 rings (SSSR count). The van der Waals surface area contributed by atoms with Crippen LogP contribution in [0, 0.1) is 0 Å². The normalized spacial score (nSPS) is 12.2. The Morgan fingerprint density at radius 3 is 3.00 bits per heavy atom. The van der Waals surface area contributed by atoms with Crippen LogP contribution in [0.2, 0.25) is 0 Å². The van der Waals surface area contributed by atoms with Crippen molar-refractivity contribution in [3.8, 4) is 0 Å². The van der Waals surface area contributed by atoms with E-state index in [4.69, 9.17) is 0 Å². The van der Waals surface area contributed by atoms with Crippen molar-refractivity contribution < 1.29 is 4.79 Å². The van der Waals surface area contributed by atoms with Gasteiger partial charge in [-0.05, 0) is 30.5 Å². The maximum absolute atomic E-state index is 12.2. The van der Waals surface area contributed by atoms with Crippen molar-refractivity contribution >= 4 is 47.7 Å². The van der Waals surface area contributed by atoms with Gasteiger partial charge in [-0.3, -0.25) is 4.79 Å². The molecule has 1 aliphatic rings. The summed E-state index contributed by atoms with van der Waals surface area (Å²) in [4.78, 5) is 16.4. The van der Waals surface area contributed by atoms with Crippen molar-refractivity contribution in [3.05, 3.63) is 45.9 Å². The molecule has 1 aromatic carbocycles. The topological polar surface area (TPSA) is 54.0 Å². The lowest BCUT2D eigenvalue weighted by Gasteiger charge is -2.20. The van der Waals surface area contributed by atoms with Crippen molar-refractivity contribution in [1.29, 1.82) is 0 Å². The van der Waals surface area contributed by atoms with Gasteiger partial charge >= 0.3 is 0 Å². The Hall–Kier alpha value is -1.30. The average molecular weight is 346 g/mol. The second-order valence-corrected chi connectivity index (χ2v) is 5.24. The second kappa shape index (κ2) is 8.22. The molecule has 0 radical (unpaired) electrons. The van der Waals surface area contributed by atoms with Gasteiger partial charge in [-0.25, -0.2) is 4.98 Å². The highest BCUT2D eigenvalue weighted by Gasteiger charge is 2.17. The van der Waals surface area contributed by atoms with E-state index in [1.165, 1.54) is 11.3 Å². The number of thiazole rings is 1. The van der Waals surface area contributed by atoms with Gasteiger partial charge in [0.1, 0.15) is 0 Å². The molecule has 4 nitrogen and oxygen atoms in total. The highest BCUT2D eigenvalue weighted by Crippen LogP contribution is 2.25. The maximum Gasteiger partial charge on any atom is 0.251 e. The number of benzene rings is 1. The number of nitrogens with one attached hydrogen (secondary N) is 2. The number of hydrogen-bond donors (Lipinski definition) is 2. The molecule has 0 bridgehead atoms. The number of halogens is 2. The van der Waals surface area contributed by atoms with E-state index in [1.54, 1.807) is 5.51 Å². The van der Waals surface area contributed by atoms with E-state index in [0.717, 1.165) is 41.9 Å². The van der Waals surface area contributed by atoms with Gasteiger partial charge in [-0.1, -0.05) is 6.07 Å². The number of aromatic nitrogens is 1. The molecule has 7 heteroatoms. The summed E-state index contributed by atoms with van der Waals surface area (Å²) in [7, 11) is 0. The van der Waals surface area contributed by atoms with Crippen LogP contribution in [-0.4, -0.2) is 17.4 Å². The third kappa shape index (κ3) is 4.09. The molecule has 2 N–H and O–H groups in total. The number of carbonyl (C=O) groups excluding carboxylic acids is 1. The van der Waals surface area contributed by atoms with Gasteiger partial charge in [0.05, 0.1) is 17.7 Å². The first-order valence-corrected chi connectivity index (χ1v) is 7.30. The quantitative estimate of drug-likeness (QED) is 0.897. The Labute approximate surface area is 140 Å². The molecule has 0 fully saturated rings. The van der Waals surface area contributed by atoms with Crippen LogP contribution in [0.5, 0.6) is 0 Å². The third-order valence-electron chi connectivity index (χ3n) is 3.25. The van der Waals surface area contributed by atoms with E-state index in [2.05, 4.69) is 15.6 Å². The van der Waals surface area contributed by atoms with E-state index in [9.17, 15) is 4.79 Å². The molecule has 0 saturated carbocycles. The highest BCUT2D eigenvalue weighted by molar-refractivity contribution is 7.07. The largest absolute Gasteiger partial charge is 0.385 e. The Kier molecular flexibility index (Phi) is 6.95. The molecule has 0 aliphatic carbocycles. The number of nitrogens with zero attached hydrogens (tertiary/aromatic N) is 1. The second-order valence-electron chi connectivity index (χ2n) is 4.52. The van der Waals surface area contributed by atoms with Crippen LogP contribution in [-0.2, 0) is 13.0 Å². The van der Waals surface area contributed by atoms with Crippen molar-refractivity contribution in [2.24, 2.45) is 0 Å². The fourth-order valence-electron chi connectivity index (χ4n) is 2.31. The summed E-state index contributed by atoms with van der Waals surface area (Å²) in [6, 6.07) is 5.85. The van der Waals surface area contributed by atoms with Crippen LogP contribution in [0.3, 0.4) is 0 Å². The van der Waals surface area contributed by atoms with E-state index in [0.29, 0.717) is 6.54 Å². The maximum atomic E-state index is 12.2. The Morgan fingerprint density at radius 1 is 1.38 bits per heavy atom. The van der Waals surface area contributed by atoms with Crippen LogP contribution in [0.15, 0.2) is 29.1 Å². The van der Waals surface area contributed by atoms with E-state index < -0.39 is 0 Å². The van der Waals surface area contributed by atoms with Crippen molar-refractivity contribution in [1.82, 2.24) is 10.3 Å². The molecule has 0 saturated heterocycles. The van der Waals surface area contributed by atoms with Crippen molar-refractivity contribution in [3.63, 3.8) is 0 Å². The van der Waals surface area contributed by atoms with Crippen molar-refractivity contribution in [2.45, 2.75) is 19.4 Å². The van der Waals surface area contributed by atoms with Crippen LogP contribution in [0.25, 0.3) is 0 Å². The summed E-state index contributed by atoms with van der Waals surface area (Å²) >= 11 is 1.54. The SMILES string of the molecule is Cl.Cl.O=C(NCc1cscn1)c1cccc2c1CCCN2. The molecule has 1 amide bonds. The molecule has 21 heavy (non-hydrogen) atoms. The first-order chi connectivity index (χ1) is 9.34. The van der Waals surface area contributed by atoms with Crippen LogP contribution >= 0.6 is 36.2 Å². The lowest BCUT2D eigenvalue weighted by molar-refractivity contribution is 0.0949. The number of amides is 1. The predicted octanol–water partition coefficient (Wildman–Crippen LogP) is 3.27. The van der Waals surface area contributed by atoms with Gasteiger partial charge in [0.2, 0.25) is 0 Å². The third-order valence-corrected chi connectivity index (χ3v) is 3.89.